The number of nitrogens with zero attached hydrogens (tertiary/aromatic N) is 3. The molecule has 2 fully saturated rings. The smallest absolute Gasteiger partial charge is 0.251 e. The Labute approximate surface area is 154 Å². The molecule has 26 heavy (non-hydrogen) atoms. The maximum absolute atomic E-state index is 12.9. The molecule has 0 radical (unpaired) electrons. The van der Waals surface area contributed by atoms with Gasteiger partial charge < -0.3 is 9.84 Å². The Morgan fingerprint density at radius 1 is 1.12 bits per heavy atom. The molecule has 2 saturated heterocycles. The van der Waals surface area contributed by atoms with Gasteiger partial charge in [0.1, 0.15) is 5.75 Å². The van der Waals surface area contributed by atoms with Gasteiger partial charge in [-0.05, 0) is 30.7 Å². The van der Waals surface area contributed by atoms with Crippen molar-refractivity contribution in [3.63, 3.8) is 0 Å². The molecule has 0 bridgehead atoms. The van der Waals surface area contributed by atoms with Crippen LogP contribution in [-0.4, -0.2) is 78.7 Å². The van der Waals surface area contributed by atoms with Crippen molar-refractivity contribution in [1.29, 1.82) is 0 Å². The Balaban J connectivity index is 1.64. The number of hydrogen-bond acceptors (Lipinski definition) is 6. The van der Waals surface area contributed by atoms with Crippen LogP contribution in [0.3, 0.4) is 0 Å². The Kier molecular flexibility index (Phi) is 6.24. The van der Waals surface area contributed by atoms with Gasteiger partial charge >= 0.3 is 0 Å². The lowest BCUT2D eigenvalue weighted by molar-refractivity contribution is -0.123. The third-order valence-electron chi connectivity index (χ3n) is 4.95. The summed E-state index contributed by atoms with van der Waals surface area (Å²) in [6, 6.07) is 6.75. The number of carbonyl (C=O) groups excluding carboxylic acids is 2. The summed E-state index contributed by atoms with van der Waals surface area (Å²) < 4.78 is 5.55. The highest BCUT2D eigenvalue weighted by Crippen LogP contribution is 2.28. The van der Waals surface area contributed by atoms with Crippen LogP contribution in [0, 0.1) is 0 Å². The van der Waals surface area contributed by atoms with Gasteiger partial charge in [0.15, 0.2) is 0 Å². The van der Waals surface area contributed by atoms with E-state index >= 15 is 0 Å². The van der Waals surface area contributed by atoms with Crippen molar-refractivity contribution in [2.24, 2.45) is 0 Å². The van der Waals surface area contributed by atoms with Crippen molar-refractivity contribution in [2.45, 2.75) is 25.8 Å². The quantitative estimate of drug-likeness (QED) is 0.722. The summed E-state index contributed by atoms with van der Waals surface area (Å²) in [5.41, 5.74) is 0.602. The van der Waals surface area contributed by atoms with E-state index in [1.807, 2.05) is 6.92 Å². The monoisotopic (exact) mass is 361 g/mol. The molecule has 1 aromatic rings. The minimum absolute atomic E-state index is 0.145. The van der Waals surface area contributed by atoms with Crippen molar-refractivity contribution in [1.82, 2.24) is 9.80 Å². The first-order valence-electron chi connectivity index (χ1n) is 9.31. The molecule has 1 atom stereocenters. The fourth-order valence-electron chi connectivity index (χ4n) is 3.52. The number of hydrogen-bond donors (Lipinski definition) is 1. The van der Waals surface area contributed by atoms with Crippen molar-refractivity contribution in [3.8, 4) is 5.75 Å². The molecular formula is C19H27N3O4. The zero-order valence-electron chi connectivity index (χ0n) is 15.3. The molecule has 1 aromatic carbocycles. The molecule has 142 valence electrons. The number of anilines is 1. The van der Waals surface area contributed by atoms with Gasteiger partial charge in [0.05, 0.1) is 31.4 Å². The van der Waals surface area contributed by atoms with Crippen molar-refractivity contribution in [2.75, 3.05) is 50.8 Å². The second-order valence-corrected chi connectivity index (χ2v) is 6.73. The molecule has 3 rings (SSSR count). The molecule has 2 aliphatic rings. The summed E-state index contributed by atoms with van der Waals surface area (Å²) in [6.45, 7) is 6.58. The molecule has 0 aromatic heterocycles. The van der Waals surface area contributed by atoms with Crippen LogP contribution in [-0.2, 0) is 9.59 Å². The minimum Gasteiger partial charge on any atom is -0.494 e. The first-order valence-corrected chi connectivity index (χ1v) is 9.31. The van der Waals surface area contributed by atoms with Crippen LogP contribution in [0.25, 0.3) is 0 Å². The number of β-amino-alcohol motifs (C(OH)–C–C–N with tert-alkyl or cyclic N) is 1. The Morgan fingerprint density at radius 2 is 1.81 bits per heavy atom. The highest BCUT2D eigenvalue weighted by Gasteiger charge is 2.43. The standard InChI is InChI=1S/C19H27N3O4/c1-2-13-26-16-5-3-15(4-6-16)22-18(24)14-17(19(22)25)21-9-7-20(8-10-21)11-12-23/h3-6,17,23H,2,7-14H2,1H3/t17-/m0/s1. The molecule has 0 spiro atoms. The van der Waals surface area contributed by atoms with Crippen LogP contribution >= 0.6 is 0 Å². The van der Waals surface area contributed by atoms with Gasteiger partial charge in [0, 0.05) is 32.7 Å². The lowest BCUT2D eigenvalue weighted by Gasteiger charge is -2.36. The molecule has 2 aliphatic heterocycles. The molecule has 1 N–H and O–H groups in total. The molecule has 2 heterocycles. The molecule has 0 unspecified atom stereocenters. The lowest BCUT2D eigenvalue weighted by atomic mass is 10.1. The Hall–Kier alpha value is -1.96. The van der Waals surface area contributed by atoms with E-state index in [-0.39, 0.29) is 30.9 Å². The van der Waals surface area contributed by atoms with E-state index in [2.05, 4.69) is 9.80 Å². The van der Waals surface area contributed by atoms with Gasteiger partial charge in [-0.25, -0.2) is 4.90 Å². The van der Waals surface area contributed by atoms with Gasteiger partial charge in [-0.15, -0.1) is 0 Å². The van der Waals surface area contributed by atoms with Crippen LogP contribution < -0.4 is 9.64 Å². The lowest BCUT2D eigenvalue weighted by Crippen LogP contribution is -2.52. The zero-order valence-corrected chi connectivity index (χ0v) is 15.3. The zero-order chi connectivity index (χ0) is 18.5. The van der Waals surface area contributed by atoms with E-state index in [9.17, 15) is 9.59 Å². The number of benzene rings is 1. The predicted molar refractivity (Wildman–Crippen MR) is 98.2 cm³/mol. The molecule has 2 amide bonds. The number of aliphatic hydroxyl groups excluding tert-OH is 1. The summed E-state index contributed by atoms with van der Waals surface area (Å²) >= 11 is 0. The van der Waals surface area contributed by atoms with Gasteiger partial charge in [-0.2, -0.15) is 0 Å². The van der Waals surface area contributed by atoms with Crippen LogP contribution in [0.2, 0.25) is 0 Å². The summed E-state index contributed by atoms with van der Waals surface area (Å²) in [5.74, 6) is 0.444. The summed E-state index contributed by atoms with van der Waals surface area (Å²) in [5, 5.41) is 9.03. The largest absolute Gasteiger partial charge is 0.494 e. The average molecular weight is 361 g/mol. The van der Waals surface area contributed by atoms with Crippen LogP contribution in [0.15, 0.2) is 24.3 Å². The number of aliphatic hydroxyl groups is 1. The van der Waals surface area contributed by atoms with Gasteiger partial charge in [-0.3, -0.25) is 19.4 Å². The molecule has 0 aliphatic carbocycles. The van der Waals surface area contributed by atoms with Crippen LogP contribution in [0.4, 0.5) is 5.69 Å². The van der Waals surface area contributed by atoms with Gasteiger partial charge in [-0.1, -0.05) is 6.92 Å². The average Bonchev–Trinajstić information content (AvgIpc) is 2.96. The van der Waals surface area contributed by atoms with Crippen LogP contribution in [0.5, 0.6) is 5.75 Å². The Bertz CT molecular complexity index is 626. The van der Waals surface area contributed by atoms with E-state index in [0.717, 1.165) is 38.3 Å². The van der Waals surface area contributed by atoms with Crippen molar-refractivity contribution < 1.29 is 19.4 Å². The predicted octanol–water partition coefficient (Wildman–Crippen LogP) is 0.717. The van der Waals surface area contributed by atoms with E-state index in [4.69, 9.17) is 9.84 Å². The first kappa shape index (κ1) is 18.8. The second-order valence-electron chi connectivity index (χ2n) is 6.73. The summed E-state index contributed by atoms with van der Waals surface area (Å²) in [4.78, 5) is 30.9. The Morgan fingerprint density at radius 3 is 2.42 bits per heavy atom. The molecule has 0 saturated carbocycles. The number of imide groups is 1. The van der Waals surface area contributed by atoms with Gasteiger partial charge in [0.25, 0.3) is 5.91 Å². The molecule has 7 heteroatoms. The summed E-state index contributed by atoms with van der Waals surface area (Å²) in [6.07, 6.45) is 1.16. The van der Waals surface area contributed by atoms with Crippen LogP contribution in [0.1, 0.15) is 19.8 Å². The molecular weight excluding hydrogens is 334 g/mol. The van der Waals surface area contributed by atoms with Gasteiger partial charge in [0.2, 0.25) is 5.91 Å². The van der Waals surface area contributed by atoms with E-state index in [0.29, 0.717) is 18.8 Å². The van der Waals surface area contributed by atoms with E-state index in [1.165, 1.54) is 4.90 Å². The number of rotatable bonds is 7. The normalized spacial score (nSPS) is 22.2. The maximum Gasteiger partial charge on any atom is 0.251 e. The number of ether oxygens (including phenoxy) is 1. The number of amides is 2. The fraction of sp³-hybridized carbons (Fsp3) is 0.579. The summed E-state index contributed by atoms with van der Waals surface area (Å²) in [7, 11) is 0. The number of piperazine rings is 1. The molecule has 7 nitrogen and oxygen atoms in total. The highest BCUT2D eigenvalue weighted by atomic mass is 16.5. The van der Waals surface area contributed by atoms with E-state index in [1.54, 1.807) is 24.3 Å². The SMILES string of the molecule is CCCOc1ccc(N2C(=O)C[C@H](N3CCN(CCO)CC3)C2=O)cc1. The third-order valence-corrected chi connectivity index (χ3v) is 4.95. The first-order chi connectivity index (χ1) is 12.6. The fourth-order valence-corrected chi connectivity index (χ4v) is 3.52. The van der Waals surface area contributed by atoms with Crippen molar-refractivity contribution >= 4 is 17.5 Å². The van der Waals surface area contributed by atoms with E-state index < -0.39 is 0 Å². The second kappa shape index (κ2) is 8.62. The third kappa shape index (κ3) is 4.06. The minimum atomic E-state index is -0.380. The highest BCUT2D eigenvalue weighted by molar-refractivity contribution is 6.22. The topological polar surface area (TPSA) is 73.3 Å². The van der Waals surface area contributed by atoms with Crippen molar-refractivity contribution in [3.05, 3.63) is 24.3 Å². The number of carbonyl (C=O) groups is 2. The maximum atomic E-state index is 12.9.